The van der Waals surface area contributed by atoms with Gasteiger partial charge in [0.2, 0.25) is 5.91 Å². The van der Waals surface area contributed by atoms with Gasteiger partial charge in [0.15, 0.2) is 0 Å². The molecule has 1 aromatic heterocycles. The fourth-order valence-electron chi connectivity index (χ4n) is 3.18. The van der Waals surface area contributed by atoms with Gasteiger partial charge < -0.3 is 15.2 Å². The van der Waals surface area contributed by atoms with E-state index >= 15 is 0 Å². The maximum atomic E-state index is 13.9. The van der Waals surface area contributed by atoms with E-state index in [4.69, 9.17) is 0 Å². The van der Waals surface area contributed by atoms with Gasteiger partial charge in [-0.15, -0.1) is 0 Å². The first-order valence-electron chi connectivity index (χ1n) is 7.91. The SMILES string of the molecule is O=C1NCCN(C(=O)c2cc(F)cc3[nH]cnc23)C1c1ccccc1. The maximum Gasteiger partial charge on any atom is 0.257 e. The lowest BCUT2D eigenvalue weighted by Crippen LogP contribution is -2.52. The van der Waals surface area contributed by atoms with Gasteiger partial charge >= 0.3 is 0 Å². The Labute approximate surface area is 142 Å². The van der Waals surface area contributed by atoms with Crippen LogP contribution in [0.3, 0.4) is 0 Å². The zero-order chi connectivity index (χ0) is 17.4. The lowest BCUT2D eigenvalue weighted by Gasteiger charge is -2.35. The fraction of sp³-hybridized carbons (Fsp3) is 0.167. The topological polar surface area (TPSA) is 78.1 Å². The highest BCUT2D eigenvalue weighted by Crippen LogP contribution is 2.27. The second kappa shape index (κ2) is 6.01. The number of halogens is 1. The van der Waals surface area contributed by atoms with Crippen LogP contribution in [-0.4, -0.2) is 39.8 Å². The van der Waals surface area contributed by atoms with E-state index in [-0.39, 0.29) is 11.5 Å². The standard InChI is InChI=1S/C18H15FN4O2/c19-12-8-13(15-14(9-12)21-10-22-15)18(25)23-7-6-20-17(24)16(23)11-4-2-1-3-5-11/h1-5,8-10,16H,6-7H2,(H,20,24)(H,21,22). The summed E-state index contributed by atoms with van der Waals surface area (Å²) in [4.78, 5) is 33.9. The van der Waals surface area contributed by atoms with Gasteiger partial charge in [-0.3, -0.25) is 9.59 Å². The number of nitrogens with zero attached hydrogens (tertiary/aromatic N) is 2. The van der Waals surface area contributed by atoms with Crippen molar-refractivity contribution in [3.05, 3.63) is 65.7 Å². The van der Waals surface area contributed by atoms with Crippen LogP contribution in [0.2, 0.25) is 0 Å². The van der Waals surface area contributed by atoms with E-state index in [0.29, 0.717) is 29.7 Å². The molecule has 0 aliphatic carbocycles. The van der Waals surface area contributed by atoms with Crippen LogP contribution in [0.1, 0.15) is 22.0 Å². The molecular formula is C18H15FN4O2. The Morgan fingerprint density at radius 1 is 1.24 bits per heavy atom. The number of rotatable bonds is 2. The molecule has 7 heteroatoms. The van der Waals surface area contributed by atoms with Crippen LogP contribution in [0.5, 0.6) is 0 Å². The Morgan fingerprint density at radius 2 is 2.04 bits per heavy atom. The molecular weight excluding hydrogens is 323 g/mol. The highest BCUT2D eigenvalue weighted by molar-refractivity contribution is 6.06. The van der Waals surface area contributed by atoms with Crippen molar-refractivity contribution in [2.45, 2.75) is 6.04 Å². The Bertz CT molecular complexity index is 954. The molecule has 0 spiro atoms. The van der Waals surface area contributed by atoms with Crippen molar-refractivity contribution in [2.24, 2.45) is 0 Å². The summed E-state index contributed by atoms with van der Waals surface area (Å²) in [6.45, 7) is 0.694. The van der Waals surface area contributed by atoms with Gasteiger partial charge in [0, 0.05) is 13.1 Å². The van der Waals surface area contributed by atoms with E-state index in [1.165, 1.54) is 23.4 Å². The summed E-state index contributed by atoms with van der Waals surface area (Å²) in [6.07, 6.45) is 1.42. The normalized spacial score (nSPS) is 17.6. The summed E-state index contributed by atoms with van der Waals surface area (Å²) in [5, 5.41) is 2.78. The highest BCUT2D eigenvalue weighted by Gasteiger charge is 2.35. The molecule has 0 bridgehead atoms. The molecule has 2 heterocycles. The van der Waals surface area contributed by atoms with E-state index in [9.17, 15) is 14.0 Å². The highest BCUT2D eigenvalue weighted by atomic mass is 19.1. The molecule has 1 aliphatic heterocycles. The lowest BCUT2D eigenvalue weighted by atomic mass is 10.0. The molecule has 0 saturated carbocycles. The quantitative estimate of drug-likeness (QED) is 0.750. The Kier molecular flexibility index (Phi) is 3.68. The molecule has 1 fully saturated rings. The van der Waals surface area contributed by atoms with Crippen LogP contribution < -0.4 is 5.32 Å². The number of hydrogen-bond acceptors (Lipinski definition) is 3. The van der Waals surface area contributed by atoms with Gasteiger partial charge in [-0.2, -0.15) is 0 Å². The van der Waals surface area contributed by atoms with Crippen molar-refractivity contribution in [1.82, 2.24) is 20.2 Å². The monoisotopic (exact) mass is 338 g/mol. The van der Waals surface area contributed by atoms with Gasteiger partial charge in [0.25, 0.3) is 5.91 Å². The summed E-state index contributed by atoms with van der Waals surface area (Å²) in [6, 6.07) is 10.8. The average molecular weight is 338 g/mol. The number of aromatic amines is 1. The number of amides is 2. The zero-order valence-corrected chi connectivity index (χ0v) is 13.2. The molecule has 2 N–H and O–H groups in total. The van der Waals surface area contributed by atoms with Crippen LogP contribution in [0, 0.1) is 5.82 Å². The van der Waals surface area contributed by atoms with Crippen molar-refractivity contribution in [1.29, 1.82) is 0 Å². The first-order chi connectivity index (χ1) is 12.1. The van der Waals surface area contributed by atoms with E-state index < -0.39 is 17.8 Å². The summed E-state index contributed by atoms with van der Waals surface area (Å²) in [7, 11) is 0. The van der Waals surface area contributed by atoms with Gasteiger partial charge in [0.05, 0.1) is 17.4 Å². The molecule has 1 saturated heterocycles. The van der Waals surface area contributed by atoms with E-state index in [1.807, 2.05) is 18.2 Å². The van der Waals surface area contributed by atoms with E-state index in [2.05, 4.69) is 15.3 Å². The molecule has 6 nitrogen and oxygen atoms in total. The predicted molar refractivity (Wildman–Crippen MR) is 89.3 cm³/mol. The Hall–Kier alpha value is -3.22. The van der Waals surface area contributed by atoms with Crippen molar-refractivity contribution < 1.29 is 14.0 Å². The van der Waals surface area contributed by atoms with E-state index in [1.54, 1.807) is 12.1 Å². The van der Waals surface area contributed by atoms with Crippen LogP contribution in [0.4, 0.5) is 4.39 Å². The maximum absolute atomic E-state index is 13.9. The largest absolute Gasteiger partial charge is 0.352 e. The summed E-state index contributed by atoms with van der Waals surface area (Å²) < 4.78 is 13.9. The molecule has 3 aromatic rings. The van der Waals surface area contributed by atoms with Crippen LogP contribution in [0.15, 0.2) is 48.8 Å². The minimum atomic E-state index is -0.750. The minimum absolute atomic E-state index is 0.145. The average Bonchev–Trinajstić information content (AvgIpc) is 3.09. The number of piperazine rings is 1. The van der Waals surface area contributed by atoms with Gasteiger partial charge in [-0.1, -0.05) is 30.3 Å². The summed E-state index contributed by atoms with van der Waals surface area (Å²) in [5.74, 6) is -1.20. The third-order valence-electron chi connectivity index (χ3n) is 4.31. The van der Waals surface area contributed by atoms with Gasteiger partial charge in [0.1, 0.15) is 17.4 Å². The summed E-state index contributed by atoms with van der Waals surface area (Å²) in [5.41, 5.74) is 1.69. The van der Waals surface area contributed by atoms with E-state index in [0.717, 1.165) is 0 Å². The number of carbonyl (C=O) groups is 2. The van der Waals surface area contributed by atoms with Crippen molar-refractivity contribution >= 4 is 22.8 Å². The number of aromatic nitrogens is 2. The van der Waals surface area contributed by atoms with Gasteiger partial charge in [-0.25, -0.2) is 9.37 Å². The molecule has 1 aliphatic rings. The molecule has 25 heavy (non-hydrogen) atoms. The number of fused-ring (bicyclic) bond motifs is 1. The van der Waals surface area contributed by atoms with Gasteiger partial charge in [-0.05, 0) is 17.7 Å². The first kappa shape index (κ1) is 15.3. The Balaban J connectivity index is 1.79. The smallest absolute Gasteiger partial charge is 0.257 e. The second-order valence-corrected chi connectivity index (χ2v) is 5.85. The Morgan fingerprint density at radius 3 is 2.84 bits per heavy atom. The summed E-state index contributed by atoms with van der Waals surface area (Å²) >= 11 is 0. The molecule has 126 valence electrons. The number of benzene rings is 2. The first-order valence-corrected chi connectivity index (χ1v) is 7.91. The molecule has 4 rings (SSSR count). The third kappa shape index (κ3) is 2.63. The number of imidazole rings is 1. The molecule has 1 unspecified atom stereocenters. The molecule has 2 amide bonds. The predicted octanol–water partition coefficient (Wildman–Crippen LogP) is 2.02. The second-order valence-electron chi connectivity index (χ2n) is 5.85. The number of nitrogens with one attached hydrogen (secondary N) is 2. The number of carbonyl (C=O) groups excluding carboxylic acids is 2. The van der Waals surface area contributed by atoms with Crippen molar-refractivity contribution in [2.75, 3.05) is 13.1 Å². The molecule has 1 atom stereocenters. The molecule has 0 radical (unpaired) electrons. The lowest BCUT2D eigenvalue weighted by molar-refractivity contribution is -0.128. The third-order valence-corrected chi connectivity index (χ3v) is 4.31. The van der Waals surface area contributed by atoms with Crippen LogP contribution >= 0.6 is 0 Å². The molecule has 2 aromatic carbocycles. The minimum Gasteiger partial charge on any atom is -0.352 e. The van der Waals surface area contributed by atoms with Crippen LogP contribution in [-0.2, 0) is 4.79 Å². The van der Waals surface area contributed by atoms with Crippen molar-refractivity contribution in [3.8, 4) is 0 Å². The van der Waals surface area contributed by atoms with Crippen molar-refractivity contribution in [3.63, 3.8) is 0 Å². The van der Waals surface area contributed by atoms with Crippen LogP contribution in [0.25, 0.3) is 11.0 Å². The zero-order valence-electron chi connectivity index (χ0n) is 13.2. The number of hydrogen-bond donors (Lipinski definition) is 2. The number of H-pyrrole nitrogens is 1. The fourth-order valence-corrected chi connectivity index (χ4v) is 3.18.